The van der Waals surface area contributed by atoms with Gasteiger partial charge < -0.3 is 4.90 Å². The Morgan fingerprint density at radius 2 is 1.93 bits per heavy atom. The SMILES string of the molecule is CCS(=O)(=O)NC(CCSC)C(=O)N1CCC(C(=O)c2cc(F)ccc2F)CC1. The van der Waals surface area contributed by atoms with Gasteiger partial charge in [0.05, 0.1) is 11.3 Å². The normalized spacial score (nSPS) is 16.6. The number of sulfonamides is 1. The van der Waals surface area contributed by atoms with E-state index >= 15 is 0 Å². The fraction of sp³-hybridized carbons (Fsp3) is 0.579. The van der Waals surface area contributed by atoms with Gasteiger partial charge >= 0.3 is 0 Å². The Kier molecular flexibility index (Phi) is 8.59. The van der Waals surface area contributed by atoms with Crippen LogP contribution in [0.4, 0.5) is 8.78 Å². The van der Waals surface area contributed by atoms with Crippen molar-refractivity contribution in [2.24, 2.45) is 5.92 Å². The van der Waals surface area contributed by atoms with Gasteiger partial charge in [-0.05, 0) is 56.4 Å². The molecular formula is C19H26F2N2O4S2. The van der Waals surface area contributed by atoms with Crippen molar-refractivity contribution in [3.05, 3.63) is 35.4 Å². The second-order valence-electron chi connectivity index (χ2n) is 6.94. The molecule has 0 bridgehead atoms. The minimum atomic E-state index is -3.54. The van der Waals surface area contributed by atoms with E-state index in [0.29, 0.717) is 25.0 Å². The van der Waals surface area contributed by atoms with Gasteiger partial charge in [0.25, 0.3) is 0 Å². The molecule has 162 valence electrons. The molecule has 1 aromatic rings. The number of nitrogens with one attached hydrogen (secondary N) is 1. The lowest BCUT2D eigenvalue weighted by Crippen LogP contribution is -2.51. The number of ketones is 1. The van der Waals surface area contributed by atoms with Crippen molar-refractivity contribution in [3.63, 3.8) is 0 Å². The first kappa shape index (κ1) is 23.8. The first-order chi connectivity index (χ1) is 13.7. The van der Waals surface area contributed by atoms with Crippen LogP contribution in [0.5, 0.6) is 0 Å². The van der Waals surface area contributed by atoms with Gasteiger partial charge in [-0.25, -0.2) is 21.9 Å². The maximum atomic E-state index is 13.9. The molecule has 1 aliphatic heterocycles. The molecule has 2 rings (SSSR count). The summed E-state index contributed by atoms with van der Waals surface area (Å²) in [5.74, 6) is -2.24. The third kappa shape index (κ3) is 6.48. The van der Waals surface area contributed by atoms with E-state index in [-0.39, 0.29) is 30.3 Å². The summed E-state index contributed by atoms with van der Waals surface area (Å²) in [5.41, 5.74) is -0.275. The van der Waals surface area contributed by atoms with Gasteiger partial charge in [0.15, 0.2) is 5.78 Å². The zero-order valence-corrected chi connectivity index (χ0v) is 18.1. The summed E-state index contributed by atoms with van der Waals surface area (Å²) >= 11 is 1.52. The van der Waals surface area contributed by atoms with Crippen LogP contribution in [0.2, 0.25) is 0 Å². The molecule has 29 heavy (non-hydrogen) atoms. The molecular weight excluding hydrogens is 422 g/mol. The Bertz CT molecular complexity index is 841. The minimum Gasteiger partial charge on any atom is -0.341 e. The number of benzene rings is 1. The van der Waals surface area contributed by atoms with E-state index in [1.807, 2.05) is 6.26 Å². The van der Waals surface area contributed by atoms with Crippen LogP contribution in [0.15, 0.2) is 18.2 Å². The van der Waals surface area contributed by atoms with Crippen molar-refractivity contribution in [1.29, 1.82) is 0 Å². The van der Waals surface area contributed by atoms with Crippen molar-refractivity contribution in [2.45, 2.75) is 32.2 Å². The average Bonchev–Trinajstić information content (AvgIpc) is 2.72. The van der Waals surface area contributed by atoms with Crippen molar-refractivity contribution >= 4 is 33.5 Å². The number of likely N-dealkylation sites (tertiary alicyclic amines) is 1. The van der Waals surface area contributed by atoms with Crippen LogP contribution < -0.4 is 4.72 Å². The summed E-state index contributed by atoms with van der Waals surface area (Å²) in [5, 5.41) is 0. The summed E-state index contributed by atoms with van der Waals surface area (Å²) in [7, 11) is -3.54. The Labute approximate surface area is 174 Å². The highest BCUT2D eigenvalue weighted by Gasteiger charge is 2.33. The van der Waals surface area contributed by atoms with E-state index in [2.05, 4.69) is 4.72 Å². The second-order valence-corrected chi connectivity index (χ2v) is 9.97. The first-order valence-electron chi connectivity index (χ1n) is 9.45. The van der Waals surface area contributed by atoms with E-state index in [9.17, 15) is 26.8 Å². The number of rotatable bonds is 9. The van der Waals surface area contributed by atoms with Crippen molar-refractivity contribution in [2.75, 3.05) is 30.9 Å². The minimum absolute atomic E-state index is 0.119. The fourth-order valence-electron chi connectivity index (χ4n) is 3.26. The van der Waals surface area contributed by atoms with Gasteiger partial charge in [0.2, 0.25) is 15.9 Å². The third-order valence-electron chi connectivity index (χ3n) is 4.98. The highest BCUT2D eigenvalue weighted by molar-refractivity contribution is 7.98. The summed E-state index contributed by atoms with van der Waals surface area (Å²) in [6.45, 7) is 2.02. The predicted molar refractivity (Wildman–Crippen MR) is 109 cm³/mol. The van der Waals surface area contributed by atoms with Crippen LogP contribution in [-0.4, -0.2) is 61.9 Å². The van der Waals surface area contributed by atoms with Crippen LogP contribution in [0.1, 0.15) is 36.5 Å². The highest BCUT2D eigenvalue weighted by atomic mass is 32.2. The molecule has 1 atom stereocenters. The van der Waals surface area contributed by atoms with Crippen LogP contribution in [0.3, 0.4) is 0 Å². The van der Waals surface area contributed by atoms with Gasteiger partial charge in [0.1, 0.15) is 17.7 Å². The van der Waals surface area contributed by atoms with E-state index in [1.54, 1.807) is 0 Å². The topological polar surface area (TPSA) is 83.6 Å². The Balaban J connectivity index is 2.03. The fourth-order valence-corrected chi connectivity index (χ4v) is 4.55. The molecule has 6 nitrogen and oxygen atoms in total. The Morgan fingerprint density at radius 1 is 1.28 bits per heavy atom. The van der Waals surface area contributed by atoms with Gasteiger partial charge in [-0.3, -0.25) is 9.59 Å². The molecule has 10 heteroatoms. The van der Waals surface area contributed by atoms with Gasteiger partial charge in [0, 0.05) is 19.0 Å². The van der Waals surface area contributed by atoms with Crippen molar-refractivity contribution in [1.82, 2.24) is 9.62 Å². The number of Topliss-reactive ketones (excluding diaryl/α,β-unsaturated/α-hetero) is 1. The first-order valence-corrected chi connectivity index (χ1v) is 12.5. The number of carbonyl (C=O) groups is 2. The summed E-state index contributed by atoms with van der Waals surface area (Å²) < 4.78 is 53.5. The zero-order valence-electron chi connectivity index (χ0n) is 16.5. The number of hydrogen-bond acceptors (Lipinski definition) is 5. The quantitative estimate of drug-likeness (QED) is 0.587. The monoisotopic (exact) mass is 448 g/mol. The summed E-state index contributed by atoms with van der Waals surface area (Å²) in [6.07, 6.45) is 2.87. The molecule has 1 fully saturated rings. The smallest absolute Gasteiger partial charge is 0.240 e. The maximum absolute atomic E-state index is 13.9. The zero-order chi connectivity index (χ0) is 21.6. The Hall–Kier alpha value is -1.52. The van der Waals surface area contributed by atoms with Gasteiger partial charge in [-0.15, -0.1) is 0 Å². The van der Waals surface area contributed by atoms with Crippen LogP contribution in [0, 0.1) is 17.6 Å². The number of thioether (sulfide) groups is 1. The third-order valence-corrected chi connectivity index (χ3v) is 7.03. The number of halogens is 2. The van der Waals surface area contributed by atoms with E-state index < -0.39 is 39.4 Å². The molecule has 0 aliphatic carbocycles. The Morgan fingerprint density at radius 3 is 2.52 bits per heavy atom. The van der Waals surface area contributed by atoms with Gasteiger partial charge in [-0.2, -0.15) is 11.8 Å². The number of amides is 1. The number of piperidine rings is 1. The largest absolute Gasteiger partial charge is 0.341 e. The van der Waals surface area contributed by atoms with Crippen molar-refractivity contribution < 1.29 is 26.8 Å². The summed E-state index contributed by atoms with van der Waals surface area (Å²) in [4.78, 5) is 26.9. The molecule has 1 amide bonds. The molecule has 0 spiro atoms. The second kappa shape index (κ2) is 10.5. The number of nitrogens with zero attached hydrogens (tertiary/aromatic N) is 1. The van der Waals surface area contributed by atoms with Crippen LogP contribution in [0.25, 0.3) is 0 Å². The molecule has 1 N–H and O–H groups in total. The molecule has 1 aliphatic rings. The number of carbonyl (C=O) groups excluding carboxylic acids is 2. The van der Waals surface area contributed by atoms with E-state index in [0.717, 1.165) is 18.2 Å². The number of hydrogen-bond donors (Lipinski definition) is 1. The lowest BCUT2D eigenvalue weighted by molar-refractivity contribution is -0.134. The van der Waals surface area contributed by atoms with E-state index in [4.69, 9.17) is 0 Å². The molecule has 0 radical (unpaired) electrons. The van der Waals surface area contributed by atoms with E-state index in [1.165, 1.54) is 23.6 Å². The molecule has 1 unspecified atom stereocenters. The lowest BCUT2D eigenvalue weighted by Gasteiger charge is -2.34. The molecule has 1 saturated heterocycles. The molecule has 0 aromatic heterocycles. The molecule has 1 heterocycles. The molecule has 0 saturated carbocycles. The van der Waals surface area contributed by atoms with Crippen LogP contribution in [-0.2, 0) is 14.8 Å². The lowest BCUT2D eigenvalue weighted by atomic mass is 9.88. The standard InChI is InChI=1S/C19H26F2N2O4S2/c1-3-29(26,27)22-17(8-11-28-2)19(25)23-9-6-13(7-10-23)18(24)15-12-14(20)4-5-16(15)21/h4-5,12-13,17,22H,3,6-11H2,1-2H3. The highest BCUT2D eigenvalue weighted by Crippen LogP contribution is 2.24. The van der Waals surface area contributed by atoms with Gasteiger partial charge in [-0.1, -0.05) is 0 Å². The predicted octanol–water partition coefficient (Wildman–Crippen LogP) is 2.45. The van der Waals surface area contributed by atoms with Crippen molar-refractivity contribution in [3.8, 4) is 0 Å². The summed E-state index contributed by atoms with van der Waals surface area (Å²) in [6, 6.07) is 1.93. The van der Waals surface area contributed by atoms with Crippen LogP contribution >= 0.6 is 11.8 Å². The average molecular weight is 449 g/mol. The maximum Gasteiger partial charge on any atom is 0.240 e. The molecule has 1 aromatic carbocycles.